The Labute approximate surface area is 136 Å². The molecule has 6 heteroatoms. The molecular weight excluding hydrogens is 321 g/mol. The van der Waals surface area contributed by atoms with E-state index in [4.69, 9.17) is 11.6 Å². The third-order valence-corrected chi connectivity index (χ3v) is 4.42. The van der Waals surface area contributed by atoms with Gasteiger partial charge in [0, 0.05) is 37.2 Å². The molecule has 0 fully saturated rings. The van der Waals surface area contributed by atoms with Crippen molar-refractivity contribution in [3.05, 3.63) is 70.3 Å². The van der Waals surface area contributed by atoms with Gasteiger partial charge in [-0.15, -0.1) is 11.3 Å². The lowest BCUT2D eigenvalue weighted by Gasteiger charge is -2.02. The molecule has 0 bridgehead atoms. The Hall–Kier alpha value is -1.82. The molecule has 3 rings (SSSR count). The van der Waals surface area contributed by atoms with E-state index in [2.05, 4.69) is 15.3 Å². The minimum atomic E-state index is -0.328. The molecule has 22 heavy (non-hydrogen) atoms. The second-order valence-corrected chi connectivity index (χ2v) is 6.20. The Morgan fingerprint density at radius 2 is 2.05 bits per heavy atom. The molecular formula is C16H13ClFN3S. The summed E-state index contributed by atoms with van der Waals surface area (Å²) in [6, 6.07) is 8.59. The Balaban J connectivity index is 1.67. The molecule has 0 spiro atoms. The first-order valence-electron chi connectivity index (χ1n) is 6.73. The van der Waals surface area contributed by atoms with Crippen molar-refractivity contribution in [1.29, 1.82) is 0 Å². The minimum Gasteiger partial charge on any atom is -0.306 e. The fourth-order valence-corrected chi connectivity index (χ4v) is 3.33. The van der Waals surface area contributed by atoms with Crippen LogP contribution in [-0.2, 0) is 13.1 Å². The number of benzene rings is 1. The van der Waals surface area contributed by atoms with E-state index >= 15 is 0 Å². The van der Waals surface area contributed by atoms with Gasteiger partial charge < -0.3 is 5.32 Å². The molecule has 0 saturated heterocycles. The second-order valence-electron chi connectivity index (χ2n) is 4.68. The SMILES string of the molecule is Fc1cccc(Cl)c1-c1cnc(CNCc2cccnc2)s1. The summed E-state index contributed by atoms with van der Waals surface area (Å²) in [6.45, 7) is 1.33. The quantitative estimate of drug-likeness (QED) is 0.757. The molecule has 0 saturated carbocycles. The van der Waals surface area contributed by atoms with Crippen LogP contribution in [0.5, 0.6) is 0 Å². The van der Waals surface area contributed by atoms with E-state index in [0.717, 1.165) is 15.4 Å². The summed E-state index contributed by atoms with van der Waals surface area (Å²) in [6.07, 6.45) is 5.23. The van der Waals surface area contributed by atoms with Crippen molar-refractivity contribution in [3.8, 4) is 10.4 Å². The van der Waals surface area contributed by atoms with E-state index in [0.29, 0.717) is 23.7 Å². The zero-order chi connectivity index (χ0) is 15.4. The van der Waals surface area contributed by atoms with Gasteiger partial charge in [-0.3, -0.25) is 4.98 Å². The van der Waals surface area contributed by atoms with Gasteiger partial charge in [-0.2, -0.15) is 0 Å². The van der Waals surface area contributed by atoms with Gasteiger partial charge in [0.2, 0.25) is 0 Å². The largest absolute Gasteiger partial charge is 0.306 e. The molecule has 0 radical (unpaired) electrons. The van der Waals surface area contributed by atoms with Crippen LogP contribution in [0.4, 0.5) is 4.39 Å². The first-order valence-corrected chi connectivity index (χ1v) is 7.92. The zero-order valence-electron chi connectivity index (χ0n) is 11.6. The number of aromatic nitrogens is 2. The fourth-order valence-electron chi connectivity index (χ4n) is 2.06. The molecule has 0 unspecified atom stereocenters. The van der Waals surface area contributed by atoms with Gasteiger partial charge in [0.25, 0.3) is 0 Å². The maximum Gasteiger partial charge on any atom is 0.133 e. The van der Waals surface area contributed by atoms with E-state index < -0.39 is 0 Å². The first-order chi connectivity index (χ1) is 10.7. The zero-order valence-corrected chi connectivity index (χ0v) is 13.2. The number of nitrogens with one attached hydrogen (secondary N) is 1. The minimum absolute atomic E-state index is 0.328. The van der Waals surface area contributed by atoms with E-state index in [-0.39, 0.29) is 5.82 Å². The van der Waals surface area contributed by atoms with E-state index in [9.17, 15) is 4.39 Å². The highest BCUT2D eigenvalue weighted by Crippen LogP contribution is 2.34. The highest BCUT2D eigenvalue weighted by molar-refractivity contribution is 7.15. The summed E-state index contributed by atoms with van der Waals surface area (Å²) in [7, 11) is 0. The Morgan fingerprint density at radius 3 is 2.82 bits per heavy atom. The van der Waals surface area contributed by atoms with Crippen LogP contribution in [0.2, 0.25) is 5.02 Å². The van der Waals surface area contributed by atoms with Gasteiger partial charge >= 0.3 is 0 Å². The molecule has 0 atom stereocenters. The van der Waals surface area contributed by atoms with Crippen molar-refractivity contribution in [2.24, 2.45) is 0 Å². The van der Waals surface area contributed by atoms with Crippen molar-refractivity contribution in [2.45, 2.75) is 13.1 Å². The van der Waals surface area contributed by atoms with Crippen molar-refractivity contribution in [1.82, 2.24) is 15.3 Å². The molecule has 1 aromatic carbocycles. The maximum atomic E-state index is 13.9. The van der Waals surface area contributed by atoms with Crippen molar-refractivity contribution < 1.29 is 4.39 Å². The van der Waals surface area contributed by atoms with Gasteiger partial charge in [0.05, 0.1) is 9.90 Å². The Morgan fingerprint density at radius 1 is 1.14 bits per heavy atom. The maximum absolute atomic E-state index is 13.9. The van der Waals surface area contributed by atoms with Crippen LogP contribution in [0, 0.1) is 5.82 Å². The second kappa shape index (κ2) is 6.96. The lowest BCUT2D eigenvalue weighted by molar-refractivity contribution is 0.632. The highest BCUT2D eigenvalue weighted by atomic mass is 35.5. The molecule has 0 aliphatic rings. The summed E-state index contributed by atoms with van der Waals surface area (Å²) in [5.74, 6) is -0.328. The molecule has 0 amide bonds. The van der Waals surface area contributed by atoms with Crippen LogP contribution in [0.3, 0.4) is 0 Å². The Kier molecular flexibility index (Phi) is 4.77. The van der Waals surface area contributed by atoms with Gasteiger partial charge in [-0.05, 0) is 23.8 Å². The molecule has 112 valence electrons. The van der Waals surface area contributed by atoms with E-state index in [1.165, 1.54) is 17.4 Å². The van der Waals surface area contributed by atoms with Crippen LogP contribution in [0.1, 0.15) is 10.6 Å². The van der Waals surface area contributed by atoms with E-state index in [1.54, 1.807) is 24.5 Å². The average molecular weight is 334 g/mol. The van der Waals surface area contributed by atoms with Crippen LogP contribution in [0.25, 0.3) is 10.4 Å². The number of nitrogens with zero attached hydrogens (tertiary/aromatic N) is 2. The van der Waals surface area contributed by atoms with Crippen LogP contribution in [-0.4, -0.2) is 9.97 Å². The summed E-state index contributed by atoms with van der Waals surface area (Å²) in [5.41, 5.74) is 1.52. The van der Waals surface area contributed by atoms with Gasteiger partial charge in [-0.25, -0.2) is 9.37 Å². The third kappa shape index (κ3) is 3.50. The predicted molar refractivity (Wildman–Crippen MR) is 87.3 cm³/mol. The smallest absolute Gasteiger partial charge is 0.133 e. The normalized spacial score (nSPS) is 10.8. The molecule has 0 aliphatic heterocycles. The average Bonchev–Trinajstić information content (AvgIpc) is 2.97. The van der Waals surface area contributed by atoms with Crippen LogP contribution in [0.15, 0.2) is 48.9 Å². The fraction of sp³-hybridized carbons (Fsp3) is 0.125. The first kappa shape index (κ1) is 15.1. The summed E-state index contributed by atoms with van der Waals surface area (Å²) < 4.78 is 13.9. The summed E-state index contributed by atoms with van der Waals surface area (Å²) in [4.78, 5) is 9.12. The van der Waals surface area contributed by atoms with Gasteiger partial charge in [-0.1, -0.05) is 23.7 Å². The number of halogens is 2. The highest BCUT2D eigenvalue weighted by Gasteiger charge is 2.12. The Bertz CT molecular complexity index is 741. The molecule has 2 aromatic heterocycles. The lowest BCUT2D eigenvalue weighted by atomic mass is 10.2. The number of hydrogen-bond donors (Lipinski definition) is 1. The number of thiazole rings is 1. The summed E-state index contributed by atoms with van der Waals surface area (Å²) in [5, 5.41) is 4.58. The number of pyridine rings is 1. The van der Waals surface area contributed by atoms with Crippen LogP contribution >= 0.6 is 22.9 Å². The number of rotatable bonds is 5. The third-order valence-electron chi connectivity index (χ3n) is 3.09. The monoisotopic (exact) mass is 333 g/mol. The van der Waals surface area contributed by atoms with Crippen molar-refractivity contribution in [3.63, 3.8) is 0 Å². The molecule has 0 aliphatic carbocycles. The molecule has 3 nitrogen and oxygen atoms in total. The predicted octanol–water partition coefficient (Wildman–Crippen LogP) is 4.29. The number of hydrogen-bond acceptors (Lipinski definition) is 4. The molecule has 3 aromatic rings. The van der Waals surface area contributed by atoms with Gasteiger partial charge in [0.1, 0.15) is 10.8 Å². The molecule has 2 heterocycles. The van der Waals surface area contributed by atoms with E-state index in [1.807, 2.05) is 18.3 Å². The van der Waals surface area contributed by atoms with Crippen LogP contribution < -0.4 is 5.32 Å². The van der Waals surface area contributed by atoms with Crippen molar-refractivity contribution >= 4 is 22.9 Å². The van der Waals surface area contributed by atoms with Crippen molar-refractivity contribution in [2.75, 3.05) is 0 Å². The standard InChI is InChI=1S/C16H13ClFN3S/c17-12-4-1-5-13(18)16(12)14-9-21-15(22-14)10-20-8-11-3-2-6-19-7-11/h1-7,9,20H,8,10H2. The lowest BCUT2D eigenvalue weighted by Crippen LogP contribution is -2.12. The van der Waals surface area contributed by atoms with Gasteiger partial charge in [0.15, 0.2) is 0 Å². The topological polar surface area (TPSA) is 37.8 Å². The molecule has 1 N–H and O–H groups in total. The summed E-state index contributed by atoms with van der Waals surface area (Å²) >= 11 is 7.51.